The lowest BCUT2D eigenvalue weighted by Gasteiger charge is -2.56. The third-order valence-electron chi connectivity index (χ3n) is 7.27. The Labute approximate surface area is 180 Å². The Morgan fingerprint density at radius 1 is 1.06 bits per heavy atom. The number of hydrogen-bond donors (Lipinski definition) is 1. The summed E-state index contributed by atoms with van der Waals surface area (Å²) < 4.78 is 16.4. The molecule has 0 saturated heterocycles. The highest BCUT2D eigenvalue weighted by Crippen LogP contribution is 2.62. The van der Waals surface area contributed by atoms with Gasteiger partial charge in [-0.05, 0) is 67.7 Å². The van der Waals surface area contributed by atoms with Gasteiger partial charge in [-0.3, -0.25) is 9.59 Å². The standard InChI is InChI=1S/C26H26FNO3/c1-16-2-4-17(5-3-16)15-28-9-8-20-22(27)7-6-21(24(20)28)23(29)10-18-11-26(12-18)13-19(14-26)25(30)31/h2-9,18-19H,10-15H2,1H3,(H,30,31). The molecule has 2 saturated carbocycles. The first-order valence-corrected chi connectivity index (χ1v) is 10.9. The molecule has 5 rings (SSSR count). The van der Waals surface area contributed by atoms with Crippen molar-refractivity contribution in [2.45, 2.75) is 45.6 Å². The molecule has 2 aliphatic carbocycles. The van der Waals surface area contributed by atoms with Gasteiger partial charge in [-0.25, -0.2) is 4.39 Å². The SMILES string of the molecule is Cc1ccc(Cn2ccc3c(F)ccc(C(=O)CC4CC5(C4)CC(C(=O)O)C5)c32)cc1. The lowest BCUT2D eigenvalue weighted by atomic mass is 9.47. The van der Waals surface area contributed by atoms with Crippen LogP contribution in [-0.2, 0) is 11.3 Å². The van der Waals surface area contributed by atoms with Crippen molar-refractivity contribution in [1.29, 1.82) is 0 Å². The third kappa shape index (κ3) is 3.56. The van der Waals surface area contributed by atoms with E-state index in [0.717, 1.165) is 31.2 Å². The van der Waals surface area contributed by atoms with Crippen molar-refractivity contribution >= 4 is 22.7 Å². The highest BCUT2D eigenvalue weighted by Gasteiger charge is 2.54. The van der Waals surface area contributed by atoms with Crippen LogP contribution in [-0.4, -0.2) is 21.4 Å². The van der Waals surface area contributed by atoms with E-state index in [0.29, 0.717) is 35.3 Å². The maximum Gasteiger partial charge on any atom is 0.306 e. The summed E-state index contributed by atoms with van der Waals surface area (Å²) in [5.41, 5.74) is 3.67. The zero-order valence-corrected chi connectivity index (χ0v) is 17.6. The summed E-state index contributed by atoms with van der Waals surface area (Å²) in [6, 6.07) is 13.0. The Bertz CT molecular complexity index is 1160. The number of carboxylic acids is 1. The van der Waals surface area contributed by atoms with Gasteiger partial charge in [0, 0.05) is 30.1 Å². The zero-order chi connectivity index (χ0) is 21.8. The molecule has 2 aliphatic rings. The van der Waals surface area contributed by atoms with E-state index < -0.39 is 5.97 Å². The minimum absolute atomic E-state index is 0.0443. The van der Waals surface area contributed by atoms with Gasteiger partial charge in [-0.2, -0.15) is 0 Å². The molecule has 5 heteroatoms. The van der Waals surface area contributed by atoms with Crippen LogP contribution in [0.25, 0.3) is 10.9 Å². The van der Waals surface area contributed by atoms with Crippen LogP contribution in [0.15, 0.2) is 48.7 Å². The largest absolute Gasteiger partial charge is 0.481 e. The maximum atomic E-state index is 14.5. The number of rotatable bonds is 6. The van der Waals surface area contributed by atoms with Gasteiger partial charge in [0.15, 0.2) is 5.78 Å². The average Bonchev–Trinajstić information content (AvgIpc) is 3.09. The molecule has 0 amide bonds. The van der Waals surface area contributed by atoms with E-state index in [-0.39, 0.29) is 22.9 Å². The van der Waals surface area contributed by atoms with Crippen LogP contribution in [0.1, 0.15) is 53.6 Å². The number of fused-ring (bicyclic) bond motifs is 1. The Hall–Kier alpha value is -2.95. The molecule has 0 unspecified atom stereocenters. The van der Waals surface area contributed by atoms with E-state index in [1.54, 1.807) is 12.1 Å². The topological polar surface area (TPSA) is 59.3 Å². The van der Waals surface area contributed by atoms with Gasteiger partial charge in [0.05, 0.1) is 11.4 Å². The van der Waals surface area contributed by atoms with Crippen molar-refractivity contribution in [2.24, 2.45) is 17.3 Å². The number of carboxylic acid groups (broad SMARTS) is 1. The highest BCUT2D eigenvalue weighted by molar-refractivity contribution is 6.07. The smallest absolute Gasteiger partial charge is 0.306 e. The number of halogens is 1. The number of nitrogens with zero attached hydrogens (tertiary/aromatic N) is 1. The number of carbonyl (C=O) groups excluding carboxylic acids is 1. The quantitative estimate of drug-likeness (QED) is 0.529. The third-order valence-corrected chi connectivity index (χ3v) is 7.27. The van der Waals surface area contributed by atoms with E-state index in [2.05, 4.69) is 24.3 Å². The van der Waals surface area contributed by atoms with Gasteiger partial charge in [0.2, 0.25) is 0 Å². The van der Waals surface area contributed by atoms with Crippen LogP contribution >= 0.6 is 0 Å². The fraction of sp³-hybridized carbons (Fsp3) is 0.385. The molecular weight excluding hydrogens is 393 g/mol. The molecule has 0 radical (unpaired) electrons. The lowest BCUT2D eigenvalue weighted by molar-refractivity contribution is -0.157. The van der Waals surface area contributed by atoms with Crippen LogP contribution in [0.3, 0.4) is 0 Å². The Morgan fingerprint density at radius 2 is 1.77 bits per heavy atom. The number of Topliss-reactive ketones (excluding diaryl/α,β-unsaturated/α-hetero) is 1. The van der Waals surface area contributed by atoms with Crippen molar-refractivity contribution < 1.29 is 19.1 Å². The summed E-state index contributed by atoms with van der Waals surface area (Å²) in [6.07, 6.45) is 5.63. The second-order valence-electron chi connectivity index (χ2n) is 9.63. The van der Waals surface area contributed by atoms with E-state index >= 15 is 0 Å². The fourth-order valence-corrected chi connectivity index (χ4v) is 5.71. The maximum absolute atomic E-state index is 14.5. The summed E-state index contributed by atoms with van der Waals surface area (Å²) in [4.78, 5) is 24.3. The number of aliphatic carboxylic acids is 1. The van der Waals surface area contributed by atoms with Crippen molar-refractivity contribution in [1.82, 2.24) is 4.57 Å². The summed E-state index contributed by atoms with van der Waals surface area (Å²) >= 11 is 0. The molecule has 2 aromatic carbocycles. The van der Waals surface area contributed by atoms with Gasteiger partial charge >= 0.3 is 5.97 Å². The second-order valence-corrected chi connectivity index (χ2v) is 9.63. The molecule has 1 aromatic heterocycles. The molecular formula is C26H26FNO3. The average molecular weight is 419 g/mol. The number of carbonyl (C=O) groups is 2. The van der Waals surface area contributed by atoms with E-state index in [1.165, 1.54) is 11.6 Å². The molecule has 1 spiro atoms. The number of benzene rings is 2. The van der Waals surface area contributed by atoms with Gasteiger partial charge in [-0.1, -0.05) is 29.8 Å². The first-order chi connectivity index (χ1) is 14.8. The molecule has 4 nitrogen and oxygen atoms in total. The molecule has 0 aliphatic heterocycles. The second kappa shape index (κ2) is 7.33. The van der Waals surface area contributed by atoms with E-state index in [1.807, 2.05) is 17.7 Å². The predicted molar refractivity (Wildman–Crippen MR) is 117 cm³/mol. The Morgan fingerprint density at radius 3 is 2.45 bits per heavy atom. The molecule has 1 heterocycles. The van der Waals surface area contributed by atoms with Crippen LogP contribution in [0, 0.1) is 30.0 Å². The normalized spacial score (nSPS) is 24.7. The van der Waals surface area contributed by atoms with Crippen LogP contribution in [0.2, 0.25) is 0 Å². The highest BCUT2D eigenvalue weighted by atomic mass is 19.1. The minimum atomic E-state index is -0.701. The molecule has 0 atom stereocenters. The molecule has 31 heavy (non-hydrogen) atoms. The van der Waals surface area contributed by atoms with Crippen molar-refractivity contribution in [3.8, 4) is 0 Å². The minimum Gasteiger partial charge on any atom is -0.481 e. The summed E-state index contributed by atoms with van der Waals surface area (Å²) in [5.74, 6) is -0.886. The van der Waals surface area contributed by atoms with Crippen molar-refractivity contribution in [2.75, 3.05) is 0 Å². The number of aromatic nitrogens is 1. The first kappa shape index (κ1) is 20.0. The van der Waals surface area contributed by atoms with Crippen molar-refractivity contribution in [3.05, 3.63) is 71.2 Å². The zero-order valence-electron chi connectivity index (χ0n) is 17.6. The van der Waals surface area contributed by atoms with Crippen LogP contribution in [0.5, 0.6) is 0 Å². The van der Waals surface area contributed by atoms with E-state index in [9.17, 15) is 14.0 Å². The van der Waals surface area contributed by atoms with Gasteiger partial charge < -0.3 is 9.67 Å². The predicted octanol–water partition coefficient (Wildman–Crippen LogP) is 5.60. The number of hydrogen-bond acceptors (Lipinski definition) is 2. The van der Waals surface area contributed by atoms with Gasteiger partial charge in [-0.15, -0.1) is 0 Å². The number of ketones is 1. The van der Waals surface area contributed by atoms with Gasteiger partial charge in [0.1, 0.15) is 5.82 Å². The molecule has 1 N–H and O–H groups in total. The monoisotopic (exact) mass is 419 g/mol. The number of aryl methyl sites for hydroxylation is 1. The van der Waals surface area contributed by atoms with Crippen LogP contribution < -0.4 is 0 Å². The van der Waals surface area contributed by atoms with E-state index in [4.69, 9.17) is 5.11 Å². The lowest BCUT2D eigenvalue weighted by Crippen LogP contribution is -2.50. The van der Waals surface area contributed by atoms with Gasteiger partial charge in [0.25, 0.3) is 0 Å². The fourth-order valence-electron chi connectivity index (χ4n) is 5.71. The van der Waals surface area contributed by atoms with Crippen molar-refractivity contribution in [3.63, 3.8) is 0 Å². The Kier molecular flexibility index (Phi) is 4.72. The summed E-state index contributed by atoms with van der Waals surface area (Å²) in [7, 11) is 0. The molecule has 2 fully saturated rings. The first-order valence-electron chi connectivity index (χ1n) is 10.9. The molecule has 3 aromatic rings. The summed E-state index contributed by atoms with van der Waals surface area (Å²) in [6.45, 7) is 2.62. The van der Waals surface area contributed by atoms with Crippen LogP contribution in [0.4, 0.5) is 4.39 Å². The molecule has 0 bridgehead atoms. The molecule has 160 valence electrons. The Balaban J connectivity index is 1.34. The summed E-state index contributed by atoms with van der Waals surface area (Å²) in [5, 5.41) is 9.58.